The fourth-order valence-corrected chi connectivity index (χ4v) is 2.80. The summed E-state index contributed by atoms with van der Waals surface area (Å²) in [6, 6.07) is 7.17. The molecule has 2 heterocycles. The second-order valence-electron chi connectivity index (χ2n) is 5.11. The van der Waals surface area contributed by atoms with Gasteiger partial charge >= 0.3 is 5.95 Å². The zero-order valence-corrected chi connectivity index (χ0v) is 14.0. The number of fused-ring (bicyclic) bond motifs is 1. The van der Waals surface area contributed by atoms with Gasteiger partial charge in [-0.1, -0.05) is 28.2 Å². The minimum atomic E-state index is -0.493. The molecule has 0 spiro atoms. The number of hydrogen-bond donors (Lipinski definition) is 1. The summed E-state index contributed by atoms with van der Waals surface area (Å²) in [5.74, 6) is -0.151. The molecule has 3 rings (SSSR count). The molecule has 0 radical (unpaired) electrons. The Morgan fingerprint density at radius 3 is 2.92 bits per heavy atom. The Balaban J connectivity index is 1.68. The van der Waals surface area contributed by atoms with Gasteiger partial charge in [0.2, 0.25) is 0 Å². The molecular formula is C15H13Cl2N5O2. The van der Waals surface area contributed by atoms with E-state index in [0.717, 1.165) is 11.1 Å². The number of benzene rings is 1. The van der Waals surface area contributed by atoms with Crippen LogP contribution in [0.15, 0.2) is 36.7 Å². The summed E-state index contributed by atoms with van der Waals surface area (Å²) in [6.45, 7) is 1.11. The summed E-state index contributed by atoms with van der Waals surface area (Å²) in [5, 5.41) is 16.0. The fourth-order valence-electron chi connectivity index (χ4n) is 2.44. The standard InChI is InChI=1S/C15H13Cl2N5O2/c16-10-2-3-11-12(9-14(17)20-13(11)8-10)18-4-1-6-21-7-5-19-15(21)22(23)24/h2-3,5,7-9H,1,4,6H2,(H,18,20). The van der Waals surface area contributed by atoms with E-state index < -0.39 is 4.92 Å². The molecule has 124 valence electrons. The molecule has 0 saturated heterocycles. The molecule has 7 nitrogen and oxygen atoms in total. The Morgan fingerprint density at radius 1 is 1.29 bits per heavy atom. The molecule has 0 saturated carbocycles. The number of pyridine rings is 1. The van der Waals surface area contributed by atoms with Gasteiger partial charge in [-0.05, 0) is 35.6 Å². The van der Waals surface area contributed by atoms with E-state index in [1.54, 1.807) is 24.4 Å². The minimum Gasteiger partial charge on any atom is -0.390 e. The lowest BCUT2D eigenvalue weighted by atomic mass is 10.2. The van der Waals surface area contributed by atoms with Gasteiger partial charge in [-0.2, -0.15) is 0 Å². The Morgan fingerprint density at radius 2 is 2.12 bits per heavy atom. The van der Waals surface area contributed by atoms with Crippen molar-refractivity contribution in [3.05, 3.63) is 56.9 Å². The van der Waals surface area contributed by atoms with E-state index in [4.69, 9.17) is 23.2 Å². The summed E-state index contributed by atoms with van der Waals surface area (Å²) in [7, 11) is 0. The van der Waals surface area contributed by atoms with E-state index >= 15 is 0 Å². The number of nitro groups is 1. The highest BCUT2D eigenvalue weighted by Gasteiger charge is 2.13. The SMILES string of the molecule is O=[N+]([O-])c1nccn1CCCNc1cc(Cl)nc2cc(Cl)ccc12. The molecule has 2 aromatic heterocycles. The van der Waals surface area contributed by atoms with E-state index in [9.17, 15) is 10.1 Å². The highest BCUT2D eigenvalue weighted by molar-refractivity contribution is 6.32. The normalized spacial score (nSPS) is 10.9. The predicted molar refractivity (Wildman–Crippen MR) is 93.8 cm³/mol. The van der Waals surface area contributed by atoms with E-state index in [-0.39, 0.29) is 5.95 Å². The Kier molecular flexibility index (Phi) is 4.82. The van der Waals surface area contributed by atoms with Gasteiger partial charge in [0.25, 0.3) is 0 Å². The predicted octanol–water partition coefficient (Wildman–Crippen LogP) is 4.15. The molecule has 3 aromatic rings. The van der Waals surface area contributed by atoms with Crippen molar-refractivity contribution in [2.24, 2.45) is 0 Å². The van der Waals surface area contributed by atoms with Crippen molar-refractivity contribution in [1.82, 2.24) is 14.5 Å². The maximum atomic E-state index is 10.8. The molecule has 0 atom stereocenters. The zero-order valence-electron chi connectivity index (χ0n) is 12.4. The summed E-state index contributed by atoms with van der Waals surface area (Å²) in [6.07, 6.45) is 3.70. The zero-order chi connectivity index (χ0) is 17.1. The van der Waals surface area contributed by atoms with Crippen LogP contribution in [0, 0.1) is 10.1 Å². The maximum absolute atomic E-state index is 10.8. The van der Waals surface area contributed by atoms with Crippen LogP contribution in [0.25, 0.3) is 10.9 Å². The molecule has 0 aliphatic heterocycles. The largest absolute Gasteiger partial charge is 0.434 e. The van der Waals surface area contributed by atoms with E-state index in [2.05, 4.69) is 15.3 Å². The molecule has 24 heavy (non-hydrogen) atoms. The lowest BCUT2D eigenvalue weighted by molar-refractivity contribution is -0.396. The number of aromatic nitrogens is 3. The van der Waals surface area contributed by atoms with Gasteiger partial charge in [0.15, 0.2) is 0 Å². The van der Waals surface area contributed by atoms with Gasteiger partial charge in [0.1, 0.15) is 17.5 Å². The van der Waals surface area contributed by atoms with Crippen LogP contribution >= 0.6 is 23.2 Å². The van der Waals surface area contributed by atoms with Crippen molar-refractivity contribution in [2.45, 2.75) is 13.0 Å². The Labute approximate surface area is 147 Å². The van der Waals surface area contributed by atoms with Crippen molar-refractivity contribution < 1.29 is 4.92 Å². The van der Waals surface area contributed by atoms with Crippen molar-refractivity contribution in [3.63, 3.8) is 0 Å². The first kappa shape index (κ1) is 16.5. The van der Waals surface area contributed by atoms with Gasteiger partial charge in [0.05, 0.1) is 12.1 Å². The van der Waals surface area contributed by atoms with Crippen LogP contribution in [-0.4, -0.2) is 26.0 Å². The van der Waals surface area contributed by atoms with Gasteiger partial charge in [-0.15, -0.1) is 0 Å². The van der Waals surface area contributed by atoms with Gasteiger partial charge in [0, 0.05) is 22.6 Å². The quantitative estimate of drug-likeness (QED) is 0.307. The maximum Gasteiger partial charge on any atom is 0.434 e. The average Bonchev–Trinajstić information content (AvgIpc) is 2.99. The molecule has 9 heteroatoms. The monoisotopic (exact) mass is 365 g/mol. The number of imidazole rings is 1. The summed E-state index contributed by atoms with van der Waals surface area (Å²) in [4.78, 5) is 18.3. The van der Waals surface area contributed by atoms with E-state index in [1.165, 1.54) is 10.8 Å². The van der Waals surface area contributed by atoms with Gasteiger partial charge < -0.3 is 15.4 Å². The van der Waals surface area contributed by atoms with Crippen molar-refractivity contribution in [2.75, 3.05) is 11.9 Å². The number of rotatable bonds is 6. The van der Waals surface area contributed by atoms with E-state index in [1.807, 2.05) is 6.07 Å². The van der Waals surface area contributed by atoms with Gasteiger partial charge in [-0.25, -0.2) is 9.55 Å². The van der Waals surface area contributed by atoms with Crippen LogP contribution in [0.3, 0.4) is 0 Å². The third-order valence-electron chi connectivity index (χ3n) is 3.49. The molecule has 0 amide bonds. The Bertz CT molecular complexity index is 891. The molecule has 0 aliphatic rings. The highest BCUT2D eigenvalue weighted by Crippen LogP contribution is 2.27. The first-order valence-electron chi connectivity index (χ1n) is 7.20. The first-order valence-corrected chi connectivity index (χ1v) is 7.95. The van der Waals surface area contributed by atoms with Crippen molar-refractivity contribution in [3.8, 4) is 0 Å². The smallest absolute Gasteiger partial charge is 0.390 e. The summed E-state index contributed by atoms with van der Waals surface area (Å²) in [5.41, 5.74) is 1.56. The number of nitrogens with zero attached hydrogens (tertiary/aromatic N) is 4. The molecule has 0 fully saturated rings. The fraction of sp³-hybridized carbons (Fsp3) is 0.200. The number of aryl methyl sites for hydroxylation is 1. The van der Waals surface area contributed by atoms with E-state index in [0.29, 0.717) is 35.2 Å². The minimum absolute atomic E-state index is 0.151. The van der Waals surface area contributed by atoms with Crippen LogP contribution in [0.2, 0.25) is 10.2 Å². The van der Waals surface area contributed by atoms with Crippen LogP contribution in [0.1, 0.15) is 6.42 Å². The number of hydrogen-bond acceptors (Lipinski definition) is 5. The van der Waals surface area contributed by atoms with Crippen LogP contribution < -0.4 is 5.32 Å². The van der Waals surface area contributed by atoms with Crippen molar-refractivity contribution >= 4 is 45.7 Å². The molecule has 0 aliphatic carbocycles. The molecule has 0 unspecified atom stereocenters. The summed E-state index contributed by atoms with van der Waals surface area (Å²) < 4.78 is 1.51. The van der Waals surface area contributed by atoms with Crippen LogP contribution in [0.5, 0.6) is 0 Å². The van der Waals surface area contributed by atoms with Crippen LogP contribution in [0.4, 0.5) is 11.6 Å². The van der Waals surface area contributed by atoms with Crippen molar-refractivity contribution in [1.29, 1.82) is 0 Å². The third-order valence-corrected chi connectivity index (χ3v) is 3.92. The first-order chi connectivity index (χ1) is 11.5. The highest BCUT2D eigenvalue weighted by atomic mass is 35.5. The lowest BCUT2D eigenvalue weighted by Gasteiger charge is -2.10. The average molecular weight is 366 g/mol. The molecule has 0 bridgehead atoms. The number of anilines is 1. The lowest BCUT2D eigenvalue weighted by Crippen LogP contribution is -2.08. The number of nitrogens with one attached hydrogen (secondary N) is 1. The Hall–Kier alpha value is -2.38. The molecule has 1 aromatic carbocycles. The molecular weight excluding hydrogens is 353 g/mol. The second kappa shape index (κ2) is 7.02. The topological polar surface area (TPSA) is 85.9 Å². The third kappa shape index (κ3) is 3.58. The molecule has 1 N–H and O–H groups in total. The van der Waals surface area contributed by atoms with Gasteiger partial charge in [-0.3, -0.25) is 0 Å². The second-order valence-corrected chi connectivity index (χ2v) is 5.94. The number of halogens is 2. The van der Waals surface area contributed by atoms with Crippen LogP contribution in [-0.2, 0) is 6.54 Å². The summed E-state index contributed by atoms with van der Waals surface area (Å²) >= 11 is 12.0.